The lowest BCUT2D eigenvalue weighted by atomic mass is 10.0. The average Bonchev–Trinajstić information content (AvgIpc) is 2.24. The number of benzene rings is 1. The molecule has 0 unspecified atom stereocenters. The minimum atomic E-state index is -1.00. The number of carbonyl (C=O) groups is 1. The first-order valence-corrected chi connectivity index (χ1v) is 5.18. The molecule has 6 nitrogen and oxygen atoms in total. The van der Waals surface area contributed by atoms with E-state index >= 15 is 0 Å². The maximum atomic E-state index is 11.3. The molecular weight excluding hydrogens is 240 g/mol. The van der Waals surface area contributed by atoms with Crippen molar-refractivity contribution in [3.05, 3.63) is 34.2 Å². The minimum absolute atomic E-state index is 0.0281. The Balaban J connectivity index is 2.64. The Hall–Kier alpha value is -2.50. The SMILES string of the molecule is O=C(O)CCc1cc(=O)oc2cc(O)cc(O)c12. The van der Waals surface area contributed by atoms with Gasteiger partial charge in [-0.15, -0.1) is 0 Å². The standard InChI is InChI=1S/C12H10O6/c13-7-4-8(14)12-6(1-2-10(15)16)3-11(17)18-9(12)5-7/h3-5,13-14H,1-2H2,(H,15,16). The molecule has 2 aromatic rings. The third-order valence-electron chi connectivity index (χ3n) is 2.50. The number of carboxylic acid groups (broad SMARTS) is 1. The lowest BCUT2D eigenvalue weighted by molar-refractivity contribution is -0.136. The summed E-state index contributed by atoms with van der Waals surface area (Å²) in [6, 6.07) is 3.44. The molecule has 0 amide bonds. The molecule has 0 aliphatic rings. The summed E-state index contributed by atoms with van der Waals surface area (Å²) in [6.45, 7) is 0. The maximum Gasteiger partial charge on any atom is 0.336 e. The highest BCUT2D eigenvalue weighted by Crippen LogP contribution is 2.31. The van der Waals surface area contributed by atoms with E-state index in [2.05, 4.69) is 0 Å². The van der Waals surface area contributed by atoms with Gasteiger partial charge in [-0.25, -0.2) is 4.79 Å². The molecule has 0 radical (unpaired) electrons. The fourth-order valence-electron chi connectivity index (χ4n) is 1.78. The van der Waals surface area contributed by atoms with Crippen LogP contribution in [0.3, 0.4) is 0 Å². The molecule has 0 saturated carbocycles. The molecule has 0 spiro atoms. The monoisotopic (exact) mass is 250 g/mol. The zero-order valence-electron chi connectivity index (χ0n) is 9.21. The fraction of sp³-hybridized carbons (Fsp3) is 0.167. The Kier molecular flexibility index (Phi) is 2.93. The molecule has 0 aliphatic heterocycles. The maximum absolute atomic E-state index is 11.3. The van der Waals surface area contributed by atoms with Gasteiger partial charge in [-0.1, -0.05) is 0 Å². The molecule has 0 fully saturated rings. The first kappa shape index (κ1) is 12.0. The van der Waals surface area contributed by atoms with E-state index < -0.39 is 11.6 Å². The molecule has 3 N–H and O–H groups in total. The van der Waals surface area contributed by atoms with Crippen LogP contribution in [0.5, 0.6) is 11.5 Å². The molecular formula is C12H10O6. The smallest absolute Gasteiger partial charge is 0.336 e. The second kappa shape index (κ2) is 4.40. The largest absolute Gasteiger partial charge is 0.508 e. The van der Waals surface area contributed by atoms with Gasteiger partial charge in [-0.3, -0.25) is 4.79 Å². The van der Waals surface area contributed by atoms with Crippen LogP contribution in [-0.4, -0.2) is 21.3 Å². The van der Waals surface area contributed by atoms with Gasteiger partial charge in [0.1, 0.15) is 17.1 Å². The Bertz CT molecular complexity index is 670. The molecule has 2 rings (SSSR count). The molecule has 1 aromatic carbocycles. The molecule has 1 aromatic heterocycles. The van der Waals surface area contributed by atoms with Gasteiger partial charge in [0, 0.05) is 24.6 Å². The van der Waals surface area contributed by atoms with E-state index in [-0.39, 0.29) is 35.3 Å². The number of aromatic hydroxyl groups is 2. The normalized spacial score (nSPS) is 10.7. The highest BCUT2D eigenvalue weighted by molar-refractivity contribution is 5.88. The van der Waals surface area contributed by atoms with Gasteiger partial charge in [-0.05, 0) is 12.0 Å². The summed E-state index contributed by atoms with van der Waals surface area (Å²) in [4.78, 5) is 21.8. The number of fused-ring (bicyclic) bond motifs is 1. The van der Waals surface area contributed by atoms with Crippen molar-refractivity contribution in [1.29, 1.82) is 0 Å². The van der Waals surface area contributed by atoms with E-state index in [1.165, 1.54) is 6.07 Å². The van der Waals surface area contributed by atoms with Gasteiger partial charge in [-0.2, -0.15) is 0 Å². The molecule has 6 heteroatoms. The van der Waals surface area contributed by atoms with Gasteiger partial charge in [0.25, 0.3) is 0 Å². The summed E-state index contributed by atoms with van der Waals surface area (Å²) in [5, 5.41) is 27.9. The van der Waals surface area contributed by atoms with Crippen molar-refractivity contribution in [3.63, 3.8) is 0 Å². The van der Waals surface area contributed by atoms with Crippen molar-refractivity contribution >= 4 is 16.9 Å². The number of rotatable bonds is 3. The summed E-state index contributed by atoms with van der Waals surface area (Å²) in [7, 11) is 0. The third-order valence-corrected chi connectivity index (χ3v) is 2.50. The number of phenols is 2. The fourth-order valence-corrected chi connectivity index (χ4v) is 1.78. The molecule has 0 atom stereocenters. The van der Waals surface area contributed by atoms with Gasteiger partial charge in [0.2, 0.25) is 0 Å². The third kappa shape index (κ3) is 2.27. The van der Waals surface area contributed by atoms with Crippen LogP contribution in [0.25, 0.3) is 11.0 Å². The van der Waals surface area contributed by atoms with Crippen molar-refractivity contribution in [2.24, 2.45) is 0 Å². The highest BCUT2D eigenvalue weighted by Gasteiger charge is 2.12. The lowest BCUT2D eigenvalue weighted by Gasteiger charge is -2.06. The van der Waals surface area contributed by atoms with Gasteiger partial charge < -0.3 is 19.7 Å². The van der Waals surface area contributed by atoms with E-state index in [1.807, 2.05) is 0 Å². The van der Waals surface area contributed by atoms with Crippen molar-refractivity contribution in [3.8, 4) is 11.5 Å². The first-order valence-electron chi connectivity index (χ1n) is 5.18. The number of aliphatic carboxylic acids is 1. The van der Waals surface area contributed by atoms with Crippen LogP contribution in [0.15, 0.2) is 27.4 Å². The molecule has 0 saturated heterocycles. The van der Waals surface area contributed by atoms with Gasteiger partial charge in [0.05, 0.1) is 5.39 Å². The Morgan fingerprint density at radius 2 is 1.94 bits per heavy atom. The number of phenolic OH excluding ortho intramolecular Hbond substituents is 2. The zero-order chi connectivity index (χ0) is 13.3. The minimum Gasteiger partial charge on any atom is -0.508 e. The van der Waals surface area contributed by atoms with Crippen molar-refractivity contribution in [2.45, 2.75) is 12.8 Å². The number of aryl methyl sites for hydroxylation is 1. The summed E-state index contributed by atoms with van der Waals surface area (Å²) >= 11 is 0. The Morgan fingerprint density at radius 1 is 1.22 bits per heavy atom. The second-order valence-electron chi connectivity index (χ2n) is 3.82. The van der Waals surface area contributed by atoms with E-state index in [9.17, 15) is 19.8 Å². The summed E-state index contributed by atoms with van der Waals surface area (Å²) in [5.74, 6) is -1.50. The van der Waals surface area contributed by atoms with Crippen LogP contribution in [0.2, 0.25) is 0 Å². The molecule has 18 heavy (non-hydrogen) atoms. The quantitative estimate of drug-likeness (QED) is 0.707. The highest BCUT2D eigenvalue weighted by atomic mass is 16.4. The van der Waals surface area contributed by atoms with Crippen LogP contribution < -0.4 is 5.63 Å². The van der Waals surface area contributed by atoms with Gasteiger partial charge in [0.15, 0.2) is 0 Å². The predicted octanol–water partition coefficient (Wildman–Crippen LogP) is 1.22. The zero-order valence-corrected chi connectivity index (χ0v) is 9.21. The number of hydrogen-bond acceptors (Lipinski definition) is 5. The van der Waals surface area contributed by atoms with E-state index in [0.717, 1.165) is 12.1 Å². The molecule has 0 bridgehead atoms. The second-order valence-corrected chi connectivity index (χ2v) is 3.82. The summed E-state index contributed by atoms with van der Waals surface area (Å²) in [6.07, 6.45) is -0.0748. The number of carboxylic acids is 1. The lowest BCUT2D eigenvalue weighted by Crippen LogP contribution is -2.04. The predicted molar refractivity (Wildman–Crippen MR) is 61.8 cm³/mol. The van der Waals surface area contributed by atoms with Crippen LogP contribution in [-0.2, 0) is 11.2 Å². The van der Waals surface area contributed by atoms with E-state index in [1.54, 1.807) is 0 Å². The van der Waals surface area contributed by atoms with Gasteiger partial charge >= 0.3 is 11.6 Å². The van der Waals surface area contributed by atoms with Crippen LogP contribution >= 0.6 is 0 Å². The average molecular weight is 250 g/mol. The first-order chi connectivity index (χ1) is 8.47. The van der Waals surface area contributed by atoms with Crippen molar-refractivity contribution in [2.75, 3.05) is 0 Å². The van der Waals surface area contributed by atoms with Crippen LogP contribution in [0.1, 0.15) is 12.0 Å². The van der Waals surface area contributed by atoms with E-state index in [4.69, 9.17) is 9.52 Å². The number of hydrogen-bond donors (Lipinski definition) is 3. The topological polar surface area (TPSA) is 108 Å². The summed E-state index contributed by atoms with van der Waals surface area (Å²) in [5.41, 5.74) is -0.255. The van der Waals surface area contributed by atoms with Crippen molar-refractivity contribution < 1.29 is 24.5 Å². The van der Waals surface area contributed by atoms with Crippen molar-refractivity contribution in [1.82, 2.24) is 0 Å². The Labute approximate surface area is 101 Å². The summed E-state index contributed by atoms with van der Waals surface area (Å²) < 4.78 is 4.85. The Morgan fingerprint density at radius 3 is 2.61 bits per heavy atom. The van der Waals surface area contributed by atoms with E-state index in [0.29, 0.717) is 5.56 Å². The molecule has 94 valence electrons. The molecule has 1 heterocycles. The van der Waals surface area contributed by atoms with Crippen LogP contribution in [0, 0.1) is 0 Å². The molecule has 0 aliphatic carbocycles. The van der Waals surface area contributed by atoms with Crippen LogP contribution in [0.4, 0.5) is 0 Å².